The molecule has 1 aromatic heterocycles. The van der Waals surface area contributed by atoms with Gasteiger partial charge in [-0.1, -0.05) is 69.9 Å². The maximum Gasteiger partial charge on any atom is 0.472 e. The fraction of sp³-hybridized carbons (Fsp3) is 0.651. The van der Waals surface area contributed by atoms with E-state index in [4.69, 9.17) is 15.4 Å². The number of imidazole rings is 1. The number of carbonyl (C=O) groups is 6. The third-order valence-corrected chi connectivity index (χ3v) is 12.0. The van der Waals surface area contributed by atoms with Crippen molar-refractivity contribution in [3.63, 3.8) is 0 Å². The first kappa shape index (κ1) is 54.6. The van der Waals surface area contributed by atoms with Crippen molar-refractivity contribution in [2.75, 3.05) is 26.4 Å². The van der Waals surface area contributed by atoms with Crippen molar-refractivity contribution >= 4 is 43.3 Å². The molecule has 1 aromatic carbocycles. The van der Waals surface area contributed by atoms with Crippen LogP contribution in [0.5, 0.6) is 0 Å². The van der Waals surface area contributed by atoms with Crippen molar-refractivity contribution in [3.8, 4) is 0 Å². The van der Waals surface area contributed by atoms with E-state index in [0.29, 0.717) is 31.6 Å². The summed E-state index contributed by atoms with van der Waals surface area (Å²) in [5, 5.41) is 38.8. The van der Waals surface area contributed by atoms with E-state index in [2.05, 4.69) is 42.9 Å². The van der Waals surface area contributed by atoms with E-state index in [0.717, 1.165) is 51.9 Å². The number of primary amides is 1. The Hall–Kier alpha value is -4.76. The van der Waals surface area contributed by atoms with E-state index in [9.17, 15) is 48.4 Å². The average Bonchev–Trinajstić information content (AvgIpc) is 3.94. The Morgan fingerprint density at radius 1 is 0.877 bits per heavy atom. The summed E-state index contributed by atoms with van der Waals surface area (Å²) in [6, 6.07) is 3.48. The summed E-state index contributed by atoms with van der Waals surface area (Å²) in [5.41, 5.74) is 7.34. The fourth-order valence-electron chi connectivity index (χ4n) is 7.43. The molecule has 10 N–H and O–H groups in total. The molecule has 0 bridgehead atoms. The number of nitrogens with two attached hydrogens (primary N) is 1. The minimum absolute atomic E-state index is 0.0958. The van der Waals surface area contributed by atoms with Crippen molar-refractivity contribution in [3.05, 3.63) is 54.1 Å². The van der Waals surface area contributed by atoms with Crippen LogP contribution in [0, 0.1) is 5.92 Å². The number of aliphatic hydroxyl groups is 3. The zero-order valence-electron chi connectivity index (χ0n) is 37.8. The van der Waals surface area contributed by atoms with E-state index in [1.807, 2.05) is 36.6 Å². The second-order valence-corrected chi connectivity index (χ2v) is 18.2. The van der Waals surface area contributed by atoms with Crippen LogP contribution in [-0.2, 0) is 61.8 Å². The SMILES string of the molecule is CC(=O)N1CCC[C@H]1C(=O)N[C@@H](CC(C)C)C(=O)N[C@@H](Cc1cncn1CCCCCCCCc1ccccc1)C(=O)NC(CO)C(=O)N[C@H](C(N)=O)[C@@H](C)OP(=O)(O)OCC(O)CO. The van der Waals surface area contributed by atoms with Crippen LogP contribution in [0.3, 0.4) is 0 Å². The van der Waals surface area contributed by atoms with Crippen molar-refractivity contribution in [1.82, 2.24) is 35.7 Å². The number of aryl methyl sites for hydroxylation is 2. The minimum Gasteiger partial charge on any atom is -0.394 e. The Labute approximate surface area is 380 Å². The molecule has 1 fully saturated rings. The molecule has 6 amide bonds. The number of benzene rings is 1. The Kier molecular flexibility index (Phi) is 23.2. The molecule has 3 unspecified atom stereocenters. The van der Waals surface area contributed by atoms with Crippen LogP contribution >= 0.6 is 7.82 Å². The maximum atomic E-state index is 14.1. The number of phosphoric ester groups is 1. The highest BCUT2D eigenvalue weighted by molar-refractivity contribution is 7.47. The molecule has 3 rings (SSSR count). The van der Waals surface area contributed by atoms with Gasteiger partial charge in [-0.3, -0.25) is 37.8 Å². The number of carbonyl (C=O) groups excluding carboxylic acids is 6. The lowest BCUT2D eigenvalue weighted by molar-refractivity contribution is -0.139. The molecule has 0 saturated carbocycles. The monoisotopic (exact) mass is 936 g/mol. The highest BCUT2D eigenvalue weighted by Gasteiger charge is 2.38. The van der Waals surface area contributed by atoms with Gasteiger partial charge >= 0.3 is 7.82 Å². The number of nitrogens with one attached hydrogen (secondary N) is 4. The van der Waals surface area contributed by atoms with Crippen molar-refractivity contribution < 1.29 is 62.6 Å². The fourth-order valence-corrected chi connectivity index (χ4v) is 8.40. The van der Waals surface area contributed by atoms with Gasteiger partial charge in [-0.25, -0.2) is 9.55 Å². The third kappa shape index (κ3) is 18.9. The molecule has 2 aromatic rings. The minimum atomic E-state index is -4.97. The molecule has 65 heavy (non-hydrogen) atoms. The molecular formula is C43H69N8O13P. The summed E-state index contributed by atoms with van der Waals surface area (Å²) in [4.78, 5) is 95.6. The quantitative estimate of drug-likeness (QED) is 0.0378. The van der Waals surface area contributed by atoms with Gasteiger partial charge in [0.05, 0.1) is 32.3 Å². The number of aliphatic hydroxyl groups excluding tert-OH is 3. The molecule has 8 atom stereocenters. The Balaban J connectivity index is 1.77. The van der Waals surface area contributed by atoms with Gasteiger partial charge < -0.3 is 56.7 Å². The van der Waals surface area contributed by atoms with Crippen LogP contribution in [0.2, 0.25) is 0 Å². The summed E-state index contributed by atoms with van der Waals surface area (Å²) in [6.45, 7) is 4.53. The summed E-state index contributed by atoms with van der Waals surface area (Å²) in [5.74, 6) is -4.92. The first-order valence-electron chi connectivity index (χ1n) is 22.2. The largest absolute Gasteiger partial charge is 0.472 e. The van der Waals surface area contributed by atoms with Crippen molar-refractivity contribution in [1.29, 1.82) is 0 Å². The number of unbranched alkanes of at least 4 members (excludes halogenated alkanes) is 5. The molecule has 1 aliphatic rings. The molecule has 1 saturated heterocycles. The molecule has 21 nitrogen and oxygen atoms in total. The van der Waals surface area contributed by atoms with Crippen LogP contribution in [-0.4, -0.2) is 139 Å². The first-order chi connectivity index (χ1) is 30.8. The Morgan fingerprint density at radius 2 is 1.51 bits per heavy atom. The molecule has 22 heteroatoms. The normalized spacial score (nSPS) is 17.6. The summed E-state index contributed by atoms with van der Waals surface area (Å²) < 4.78 is 23.8. The number of likely N-dealkylation sites (tertiary alicyclic amines) is 1. The number of hydrogen-bond acceptors (Lipinski definition) is 13. The van der Waals surface area contributed by atoms with Crippen molar-refractivity contribution in [2.45, 2.75) is 147 Å². The Bertz CT molecular complexity index is 1890. The van der Waals surface area contributed by atoms with Gasteiger partial charge in [-0.05, 0) is 56.9 Å². The number of aromatic nitrogens is 2. The summed E-state index contributed by atoms with van der Waals surface area (Å²) in [6.07, 6.45) is 8.19. The van der Waals surface area contributed by atoms with Crippen LogP contribution in [0.4, 0.5) is 0 Å². The smallest absolute Gasteiger partial charge is 0.394 e. The van der Waals surface area contributed by atoms with Crippen molar-refractivity contribution in [2.24, 2.45) is 11.7 Å². The number of rotatable bonds is 30. The average molecular weight is 937 g/mol. The predicted molar refractivity (Wildman–Crippen MR) is 237 cm³/mol. The first-order valence-corrected chi connectivity index (χ1v) is 23.7. The molecule has 1 aliphatic heterocycles. The highest BCUT2D eigenvalue weighted by Crippen LogP contribution is 2.45. The van der Waals surface area contributed by atoms with Crippen LogP contribution < -0.4 is 27.0 Å². The van der Waals surface area contributed by atoms with E-state index in [1.165, 1.54) is 17.4 Å². The predicted octanol–water partition coefficient (Wildman–Crippen LogP) is 0.358. The lowest BCUT2D eigenvalue weighted by atomic mass is 10.0. The van der Waals surface area contributed by atoms with E-state index < -0.39 is 99.6 Å². The van der Waals surface area contributed by atoms with E-state index in [-0.39, 0.29) is 24.7 Å². The van der Waals surface area contributed by atoms with Crippen LogP contribution in [0.15, 0.2) is 42.9 Å². The Morgan fingerprint density at radius 3 is 2.14 bits per heavy atom. The van der Waals surface area contributed by atoms with E-state index in [1.54, 1.807) is 12.5 Å². The van der Waals surface area contributed by atoms with Gasteiger partial charge in [0.25, 0.3) is 0 Å². The summed E-state index contributed by atoms with van der Waals surface area (Å²) >= 11 is 0. The maximum absolute atomic E-state index is 14.1. The van der Waals surface area contributed by atoms with Gasteiger partial charge in [0.2, 0.25) is 35.4 Å². The molecular weight excluding hydrogens is 867 g/mol. The van der Waals surface area contributed by atoms with Gasteiger partial charge in [0.1, 0.15) is 36.3 Å². The van der Waals surface area contributed by atoms with E-state index >= 15 is 0 Å². The summed E-state index contributed by atoms with van der Waals surface area (Å²) in [7, 11) is -4.97. The molecule has 364 valence electrons. The standard InChI is InChI=1S/C43H69N8O13P/c1-28(2)21-34(47-43(60)37-18-14-20-51(37)30(4)54)40(57)46-35(22-32-23-45-27-50(32)19-13-8-6-5-7-10-15-31-16-11-9-12-17-31)41(58)48-36(25-53)42(59)49-38(39(44)56)29(3)64-65(61,62)63-26-33(55)24-52/h9,11-12,16-17,23,27-29,33-38,52-53,55H,5-8,10,13-15,18-22,24-26H2,1-4H3,(H2,44,56)(H,46,57)(H,47,60)(H,48,58)(H,49,59)(H,61,62)/t29-,33?,34+,35+,36?,37+,38+/m1/s1. The topological polar surface area (TPSA) is 314 Å². The molecule has 0 radical (unpaired) electrons. The zero-order chi connectivity index (χ0) is 48.1. The number of nitrogens with zero attached hydrogens (tertiary/aromatic N) is 3. The number of hydrogen-bond donors (Lipinski definition) is 9. The third-order valence-electron chi connectivity index (χ3n) is 10.9. The number of amides is 6. The second kappa shape index (κ2) is 27.7. The van der Waals surface area contributed by atoms with Crippen LogP contribution in [0.25, 0.3) is 0 Å². The van der Waals surface area contributed by atoms with Gasteiger partial charge in [-0.2, -0.15) is 0 Å². The molecule has 0 spiro atoms. The van der Waals surface area contributed by atoms with Gasteiger partial charge in [0, 0.05) is 38.3 Å². The highest BCUT2D eigenvalue weighted by atomic mass is 31.2. The molecule has 0 aliphatic carbocycles. The van der Waals surface area contributed by atoms with Gasteiger partial charge in [-0.15, -0.1) is 0 Å². The zero-order valence-corrected chi connectivity index (χ0v) is 38.7. The van der Waals surface area contributed by atoms with Crippen LogP contribution in [0.1, 0.15) is 96.7 Å². The lowest BCUT2D eigenvalue weighted by Crippen LogP contribution is -2.61. The molecule has 2 heterocycles. The number of phosphoric acid groups is 1. The lowest BCUT2D eigenvalue weighted by Gasteiger charge is -2.29. The van der Waals surface area contributed by atoms with Gasteiger partial charge in [0.15, 0.2) is 0 Å². The second-order valence-electron chi connectivity index (χ2n) is 16.8.